The van der Waals surface area contributed by atoms with Gasteiger partial charge < -0.3 is 0 Å². The van der Waals surface area contributed by atoms with Crippen molar-refractivity contribution in [3.63, 3.8) is 0 Å². The van der Waals surface area contributed by atoms with Crippen molar-refractivity contribution in [1.29, 1.82) is 0 Å². The largest absolute Gasteiger partial charge is 0.274 e. The Hall–Kier alpha value is -1.67. The highest BCUT2D eigenvalue weighted by Gasteiger charge is 2.09. The molecule has 0 saturated carbocycles. The molecule has 0 aromatic heterocycles. The van der Waals surface area contributed by atoms with Crippen molar-refractivity contribution in [3.05, 3.63) is 76.8 Å². The minimum absolute atomic E-state index is 0.125. The van der Waals surface area contributed by atoms with Gasteiger partial charge in [0, 0.05) is 10.6 Å². The summed E-state index contributed by atoms with van der Waals surface area (Å²) < 4.78 is 26.2. The van der Waals surface area contributed by atoms with E-state index in [-0.39, 0.29) is 5.57 Å². The van der Waals surface area contributed by atoms with E-state index in [4.69, 9.17) is 11.6 Å². The van der Waals surface area contributed by atoms with Crippen LogP contribution in [0.2, 0.25) is 5.02 Å². The Morgan fingerprint density at radius 2 is 1.52 bits per heavy atom. The first-order chi connectivity index (χ1) is 10.2. The molecule has 0 fully saturated rings. The number of halogens is 3. The quantitative estimate of drug-likeness (QED) is 0.545. The van der Waals surface area contributed by atoms with Crippen LogP contribution in [0.1, 0.15) is 30.4 Å². The van der Waals surface area contributed by atoms with E-state index in [1.165, 1.54) is 5.56 Å². The maximum absolute atomic E-state index is 13.1. The minimum atomic E-state index is -1.60. The number of benzene rings is 2. The van der Waals surface area contributed by atoms with E-state index in [9.17, 15) is 8.78 Å². The molecule has 0 saturated heterocycles. The highest BCUT2D eigenvalue weighted by Crippen LogP contribution is 2.27. The van der Waals surface area contributed by atoms with Gasteiger partial charge >= 0.3 is 0 Å². The van der Waals surface area contributed by atoms with Crippen LogP contribution in [-0.4, -0.2) is 0 Å². The van der Waals surface area contributed by atoms with E-state index in [2.05, 4.69) is 12.1 Å². The van der Waals surface area contributed by atoms with E-state index >= 15 is 0 Å². The highest BCUT2D eigenvalue weighted by molar-refractivity contribution is 6.30. The first kappa shape index (κ1) is 15.7. The van der Waals surface area contributed by atoms with Crippen molar-refractivity contribution in [2.24, 2.45) is 0 Å². The smallest absolute Gasteiger partial charge is 0.173 e. The average Bonchev–Trinajstić information content (AvgIpc) is 2.49. The van der Waals surface area contributed by atoms with Crippen LogP contribution in [0.15, 0.2) is 60.7 Å². The lowest BCUT2D eigenvalue weighted by Crippen LogP contribution is -1.90. The van der Waals surface area contributed by atoms with E-state index in [1.807, 2.05) is 18.2 Å². The number of allylic oxidation sites excluding steroid dienone is 1. The average molecular weight is 307 g/mol. The molecule has 2 rings (SSSR count). The summed E-state index contributed by atoms with van der Waals surface area (Å²) >= 11 is 5.79. The van der Waals surface area contributed by atoms with Gasteiger partial charge in [-0.1, -0.05) is 54.1 Å². The fourth-order valence-corrected chi connectivity index (χ4v) is 2.40. The second-order valence-corrected chi connectivity index (χ2v) is 5.37. The molecule has 2 aromatic rings. The zero-order valence-corrected chi connectivity index (χ0v) is 12.4. The van der Waals surface area contributed by atoms with E-state index in [0.29, 0.717) is 17.0 Å². The standard InChI is InChI=1S/C18H17ClF2/c19-16-12-10-15(11-13-16)17(18(20)21)9-5-4-8-14-6-2-1-3-7-14/h1-3,6-7,10-13H,4-5,8-9H2. The van der Waals surface area contributed by atoms with Crippen LogP contribution in [0.25, 0.3) is 5.57 Å². The van der Waals surface area contributed by atoms with Gasteiger partial charge in [0.15, 0.2) is 0 Å². The molecular formula is C18H17ClF2. The summed E-state index contributed by atoms with van der Waals surface area (Å²) in [6.45, 7) is 0. The van der Waals surface area contributed by atoms with Gasteiger partial charge in [-0.25, -0.2) is 0 Å². The SMILES string of the molecule is FC(F)=C(CCCCc1ccccc1)c1ccc(Cl)cc1. The third-order valence-electron chi connectivity index (χ3n) is 3.41. The molecule has 0 unspecified atom stereocenters. The molecule has 0 nitrogen and oxygen atoms in total. The number of hydrogen-bond acceptors (Lipinski definition) is 0. The lowest BCUT2D eigenvalue weighted by molar-refractivity contribution is 0.422. The summed E-state index contributed by atoms with van der Waals surface area (Å²) in [5.41, 5.74) is 1.93. The maximum atomic E-state index is 13.1. The number of unbranched alkanes of at least 4 members (excludes halogenated alkanes) is 1. The Bertz CT molecular complexity index is 584. The van der Waals surface area contributed by atoms with Crippen molar-refractivity contribution < 1.29 is 8.78 Å². The van der Waals surface area contributed by atoms with Gasteiger partial charge in [-0.05, 0) is 48.9 Å². The molecule has 0 aliphatic heterocycles. The molecule has 0 aliphatic carbocycles. The van der Waals surface area contributed by atoms with Crippen LogP contribution in [0.3, 0.4) is 0 Å². The molecule has 3 heteroatoms. The second kappa shape index (κ2) is 7.94. The predicted molar refractivity (Wildman–Crippen MR) is 84.6 cm³/mol. The van der Waals surface area contributed by atoms with Crippen molar-refractivity contribution in [3.8, 4) is 0 Å². The Morgan fingerprint density at radius 3 is 2.14 bits per heavy atom. The molecule has 110 valence electrons. The van der Waals surface area contributed by atoms with Gasteiger partial charge in [-0.2, -0.15) is 8.78 Å². The zero-order valence-electron chi connectivity index (χ0n) is 11.7. The fourth-order valence-electron chi connectivity index (χ4n) is 2.27. The lowest BCUT2D eigenvalue weighted by atomic mass is 9.99. The number of aryl methyl sites for hydroxylation is 1. The summed E-state index contributed by atoms with van der Waals surface area (Å²) in [6, 6.07) is 16.7. The Morgan fingerprint density at radius 1 is 0.857 bits per heavy atom. The summed E-state index contributed by atoms with van der Waals surface area (Å²) in [6.07, 6.45) is 1.34. The highest BCUT2D eigenvalue weighted by atomic mass is 35.5. The monoisotopic (exact) mass is 306 g/mol. The summed E-state index contributed by atoms with van der Waals surface area (Å²) in [5.74, 6) is 0. The molecule has 0 atom stereocenters. The molecule has 0 heterocycles. The second-order valence-electron chi connectivity index (χ2n) is 4.94. The molecule has 2 aromatic carbocycles. The molecule has 21 heavy (non-hydrogen) atoms. The lowest BCUT2D eigenvalue weighted by Gasteiger charge is -2.07. The minimum Gasteiger partial charge on any atom is -0.173 e. The van der Waals surface area contributed by atoms with Crippen LogP contribution in [-0.2, 0) is 6.42 Å². The van der Waals surface area contributed by atoms with Crippen molar-refractivity contribution in [1.82, 2.24) is 0 Å². The van der Waals surface area contributed by atoms with Crippen molar-refractivity contribution >= 4 is 17.2 Å². The Kier molecular flexibility index (Phi) is 5.94. The van der Waals surface area contributed by atoms with Gasteiger partial charge in [0.1, 0.15) is 0 Å². The van der Waals surface area contributed by atoms with Crippen molar-refractivity contribution in [2.45, 2.75) is 25.7 Å². The van der Waals surface area contributed by atoms with Crippen LogP contribution in [0.4, 0.5) is 8.78 Å². The van der Waals surface area contributed by atoms with Crippen LogP contribution < -0.4 is 0 Å². The topological polar surface area (TPSA) is 0 Å². The normalized spacial score (nSPS) is 10.4. The fraction of sp³-hybridized carbons (Fsp3) is 0.222. The maximum Gasteiger partial charge on any atom is 0.274 e. The molecule has 0 N–H and O–H groups in total. The van der Waals surface area contributed by atoms with E-state index in [0.717, 1.165) is 19.3 Å². The first-order valence-electron chi connectivity index (χ1n) is 7.01. The third kappa shape index (κ3) is 4.98. The summed E-state index contributed by atoms with van der Waals surface area (Å²) in [4.78, 5) is 0. The van der Waals surface area contributed by atoms with Crippen LogP contribution in [0, 0.1) is 0 Å². The van der Waals surface area contributed by atoms with Gasteiger partial charge in [-0.3, -0.25) is 0 Å². The first-order valence-corrected chi connectivity index (χ1v) is 7.38. The van der Waals surface area contributed by atoms with Gasteiger partial charge in [0.25, 0.3) is 6.08 Å². The molecule has 0 aliphatic rings. The van der Waals surface area contributed by atoms with Gasteiger partial charge in [-0.15, -0.1) is 0 Å². The number of rotatable bonds is 6. The van der Waals surface area contributed by atoms with Crippen LogP contribution >= 0.6 is 11.6 Å². The third-order valence-corrected chi connectivity index (χ3v) is 3.66. The molecule has 0 bridgehead atoms. The molecule has 0 amide bonds. The predicted octanol–water partition coefficient (Wildman–Crippen LogP) is 6.36. The molecule has 0 spiro atoms. The van der Waals surface area contributed by atoms with E-state index in [1.54, 1.807) is 24.3 Å². The molecular weight excluding hydrogens is 290 g/mol. The van der Waals surface area contributed by atoms with Crippen molar-refractivity contribution in [2.75, 3.05) is 0 Å². The van der Waals surface area contributed by atoms with Gasteiger partial charge in [0.05, 0.1) is 0 Å². The summed E-state index contributed by atoms with van der Waals surface area (Å²) in [5, 5.41) is 0.557. The van der Waals surface area contributed by atoms with E-state index < -0.39 is 6.08 Å². The van der Waals surface area contributed by atoms with Crippen LogP contribution in [0.5, 0.6) is 0 Å². The van der Waals surface area contributed by atoms with Gasteiger partial charge in [0.2, 0.25) is 0 Å². The summed E-state index contributed by atoms with van der Waals surface area (Å²) in [7, 11) is 0. The zero-order chi connectivity index (χ0) is 15.1. The molecule has 0 radical (unpaired) electrons. The Balaban J connectivity index is 1.90. The Labute approximate surface area is 129 Å². The number of hydrogen-bond donors (Lipinski definition) is 0.